The normalized spacial score (nSPS) is 23.4. The lowest BCUT2D eigenvalue weighted by atomic mass is 10.1. The molecule has 0 aliphatic carbocycles. The lowest BCUT2D eigenvalue weighted by Gasteiger charge is -2.29. The maximum atomic E-state index is 12.9. The zero-order valence-electron chi connectivity index (χ0n) is 16.6. The van der Waals surface area contributed by atoms with Crippen molar-refractivity contribution in [1.29, 1.82) is 0 Å². The van der Waals surface area contributed by atoms with Gasteiger partial charge in [0.1, 0.15) is 18.1 Å². The number of nitrogens with one attached hydrogen (secondary N) is 3. The molecule has 2 aliphatic rings. The van der Waals surface area contributed by atoms with E-state index in [4.69, 9.17) is 0 Å². The second-order valence-corrected chi connectivity index (χ2v) is 8.25. The number of thioether (sulfide) groups is 1. The SMILES string of the molecule is CSCCC(NC(=O)C1CCCN1C(=O)C(CO)NC(=O)C1CCCN1)C(=O)O. The number of likely N-dealkylation sites (tertiary alicyclic amines) is 1. The van der Waals surface area contributed by atoms with Crippen LogP contribution in [0.4, 0.5) is 0 Å². The van der Waals surface area contributed by atoms with Gasteiger partial charge in [0.15, 0.2) is 0 Å². The predicted octanol–water partition coefficient (Wildman–Crippen LogP) is -1.47. The van der Waals surface area contributed by atoms with Crippen LogP contribution in [0.1, 0.15) is 32.1 Å². The molecule has 3 amide bonds. The molecule has 4 atom stereocenters. The molecule has 2 heterocycles. The quantitative estimate of drug-likeness (QED) is 0.282. The third kappa shape index (κ3) is 6.31. The molecule has 0 aromatic heterocycles. The number of carboxylic acid groups (broad SMARTS) is 1. The highest BCUT2D eigenvalue weighted by Gasteiger charge is 2.39. The van der Waals surface area contributed by atoms with Crippen LogP contribution in [0.2, 0.25) is 0 Å². The molecule has 0 aromatic rings. The van der Waals surface area contributed by atoms with Crippen molar-refractivity contribution in [1.82, 2.24) is 20.9 Å². The van der Waals surface area contributed by atoms with Crippen molar-refractivity contribution in [3.05, 3.63) is 0 Å². The molecule has 2 aliphatic heterocycles. The van der Waals surface area contributed by atoms with Crippen LogP contribution in [0.5, 0.6) is 0 Å². The minimum absolute atomic E-state index is 0.284. The molecule has 0 spiro atoms. The fourth-order valence-corrected chi connectivity index (χ4v) is 4.10. The largest absolute Gasteiger partial charge is 0.480 e. The molecular weight excluding hydrogens is 400 g/mol. The first kappa shape index (κ1) is 23.4. The first-order valence-electron chi connectivity index (χ1n) is 9.86. The van der Waals surface area contributed by atoms with Crippen molar-refractivity contribution >= 4 is 35.5 Å². The van der Waals surface area contributed by atoms with Crippen molar-refractivity contribution in [3.8, 4) is 0 Å². The number of aliphatic hydroxyl groups excluding tert-OH is 1. The van der Waals surface area contributed by atoms with Gasteiger partial charge in [0.25, 0.3) is 0 Å². The van der Waals surface area contributed by atoms with E-state index >= 15 is 0 Å². The summed E-state index contributed by atoms with van der Waals surface area (Å²) in [6, 6.07) is -3.35. The van der Waals surface area contributed by atoms with Gasteiger partial charge >= 0.3 is 5.97 Å². The van der Waals surface area contributed by atoms with E-state index in [2.05, 4.69) is 16.0 Å². The first-order chi connectivity index (χ1) is 13.9. The van der Waals surface area contributed by atoms with Gasteiger partial charge in [0.05, 0.1) is 12.6 Å². The van der Waals surface area contributed by atoms with E-state index in [1.807, 2.05) is 6.26 Å². The van der Waals surface area contributed by atoms with E-state index in [9.17, 15) is 29.4 Å². The van der Waals surface area contributed by atoms with Crippen molar-refractivity contribution in [2.75, 3.05) is 31.7 Å². The number of hydrogen-bond acceptors (Lipinski definition) is 7. The van der Waals surface area contributed by atoms with Crippen molar-refractivity contribution in [3.63, 3.8) is 0 Å². The van der Waals surface area contributed by atoms with Gasteiger partial charge in [-0.05, 0) is 50.7 Å². The molecule has 2 rings (SSSR count). The van der Waals surface area contributed by atoms with Crippen LogP contribution >= 0.6 is 11.8 Å². The van der Waals surface area contributed by atoms with Crippen LogP contribution in [0.3, 0.4) is 0 Å². The maximum Gasteiger partial charge on any atom is 0.326 e. The molecule has 2 fully saturated rings. The summed E-state index contributed by atoms with van der Waals surface area (Å²) in [6.07, 6.45) is 4.66. The van der Waals surface area contributed by atoms with Gasteiger partial charge in [-0.3, -0.25) is 14.4 Å². The van der Waals surface area contributed by atoms with Crippen LogP contribution in [0.25, 0.3) is 0 Å². The number of carboxylic acids is 1. The molecule has 0 bridgehead atoms. The average molecular weight is 431 g/mol. The van der Waals surface area contributed by atoms with Gasteiger partial charge in [-0.1, -0.05) is 0 Å². The van der Waals surface area contributed by atoms with E-state index in [1.165, 1.54) is 16.7 Å². The van der Waals surface area contributed by atoms with Crippen molar-refractivity contribution in [2.45, 2.75) is 56.3 Å². The molecule has 11 heteroatoms. The van der Waals surface area contributed by atoms with Crippen LogP contribution in [0, 0.1) is 0 Å². The van der Waals surface area contributed by atoms with Crippen LogP contribution in [-0.4, -0.2) is 94.7 Å². The second-order valence-electron chi connectivity index (χ2n) is 7.26. The molecule has 2 saturated heterocycles. The maximum absolute atomic E-state index is 12.9. The monoisotopic (exact) mass is 430 g/mol. The number of carbonyl (C=O) groups is 4. The molecule has 0 aromatic carbocycles. The lowest BCUT2D eigenvalue weighted by Crippen LogP contribution is -2.57. The van der Waals surface area contributed by atoms with E-state index in [1.54, 1.807) is 0 Å². The summed E-state index contributed by atoms with van der Waals surface area (Å²) in [5, 5.41) is 27.0. The molecule has 10 nitrogen and oxygen atoms in total. The Morgan fingerprint density at radius 1 is 1.14 bits per heavy atom. The van der Waals surface area contributed by atoms with Gasteiger partial charge in [0, 0.05) is 6.54 Å². The summed E-state index contributed by atoms with van der Waals surface area (Å²) in [5.74, 6) is -1.94. The third-order valence-corrected chi connectivity index (χ3v) is 5.88. The number of rotatable bonds is 10. The molecule has 4 unspecified atom stereocenters. The second kappa shape index (κ2) is 11.4. The molecule has 29 heavy (non-hydrogen) atoms. The Bertz CT molecular complexity index is 613. The molecule has 164 valence electrons. The summed E-state index contributed by atoms with van der Waals surface area (Å²) in [4.78, 5) is 50.5. The van der Waals surface area contributed by atoms with Crippen LogP contribution < -0.4 is 16.0 Å². The fraction of sp³-hybridized carbons (Fsp3) is 0.778. The number of amides is 3. The number of aliphatic hydroxyl groups is 1. The third-order valence-electron chi connectivity index (χ3n) is 5.24. The zero-order valence-corrected chi connectivity index (χ0v) is 17.4. The van der Waals surface area contributed by atoms with E-state index < -0.39 is 42.5 Å². The number of aliphatic carboxylic acids is 1. The molecule has 5 N–H and O–H groups in total. The van der Waals surface area contributed by atoms with Crippen molar-refractivity contribution < 1.29 is 29.4 Å². The molecule has 0 radical (unpaired) electrons. The minimum Gasteiger partial charge on any atom is -0.480 e. The highest BCUT2D eigenvalue weighted by Crippen LogP contribution is 2.19. The Morgan fingerprint density at radius 2 is 1.86 bits per heavy atom. The van der Waals surface area contributed by atoms with Crippen LogP contribution in [0.15, 0.2) is 0 Å². The summed E-state index contributed by atoms with van der Waals surface area (Å²) >= 11 is 1.48. The van der Waals surface area contributed by atoms with Gasteiger partial charge in [-0.25, -0.2) is 4.79 Å². The number of nitrogens with zero attached hydrogens (tertiary/aromatic N) is 1. The summed E-state index contributed by atoms with van der Waals surface area (Å²) < 4.78 is 0. The Hall–Kier alpha value is -1.85. The van der Waals surface area contributed by atoms with Crippen LogP contribution in [-0.2, 0) is 19.2 Å². The standard InChI is InChI=1S/C18H30N4O6S/c1-29-9-6-12(18(27)28)20-16(25)14-5-3-8-22(14)17(26)13(10-23)21-15(24)11-4-2-7-19-11/h11-14,19,23H,2-10H2,1H3,(H,20,25)(H,21,24)(H,27,28). The van der Waals surface area contributed by atoms with E-state index in [0.29, 0.717) is 31.6 Å². The molecular formula is C18H30N4O6S. The topological polar surface area (TPSA) is 148 Å². The predicted molar refractivity (Wildman–Crippen MR) is 107 cm³/mol. The van der Waals surface area contributed by atoms with E-state index in [0.717, 1.165) is 13.0 Å². The smallest absolute Gasteiger partial charge is 0.326 e. The van der Waals surface area contributed by atoms with Gasteiger partial charge < -0.3 is 31.1 Å². The first-order valence-corrected chi connectivity index (χ1v) is 11.3. The summed E-state index contributed by atoms with van der Waals surface area (Å²) in [7, 11) is 0. The fourth-order valence-electron chi connectivity index (χ4n) is 3.63. The number of carbonyl (C=O) groups excluding carboxylic acids is 3. The lowest BCUT2D eigenvalue weighted by molar-refractivity contribution is -0.145. The number of hydrogen-bond donors (Lipinski definition) is 5. The Balaban J connectivity index is 1.99. The Kier molecular flexibility index (Phi) is 9.18. The summed E-state index contributed by atoms with van der Waals surface area (Å²) in [5.41, 5.74) is 0. The van der Waals surface area contributed by atoms with Gasteiger partial charge in [-0.15, -0.1) is 0 Å². The highest BCUT2D eigenvalue weighted by molar-refractivity contribution is 7.98. The Labute approximate surface area is 174 Å². The van der Waals surface area contributed by atoms with Crippen molar-refractivity contribution in [2.24, 2.45) is 0 Å². The molecule has 0 saturated carbocycles. The van der Waals surface area contributed by atoms with E-state index in [-0.39, 0.29) is 18.4 Å². The zero-order chi connectivity index (χ0) is 21.4. The average Bonchev–Trinajstić information content (AvgIpc) is 3.40. The Morgan fingerprint density at radius 3 is 2.45 bits per heavy atom. The summed E-state index contributed by atoms with van der Waals surface area (Å²) in [6.45, 7) is 0.465. The highest BCUT2D eigenvalue weighted by atomic mass is 32.2. The van der Waals surface area contributed by atoms with Gasteiger partial charge in [-0.2, -0.15) is 11.8 Å². The van der Waals surface area contributed by atoms with Gasteiger partial charge in [0.2, 0.25) is 17.7 Å². The minimum atomic E-state index is -1.13.